The summed E-state index contributed by atoms with van der Waals surface area (Å²) in [5.41, 5.74) is 2.12. The fourth-order valence-electron chi connectivity index (χ4n) is 5.12. The summed E-state index contributed by atoms with van der Waals surface area (Å²) >= 11 is 6.73. The molecule has 0 saturated heterocycles. The van der Waals surface area contributed by atoms with Gasteiger partial charge in [0.1, 0.15) is 11.7 Å². The van der Waals surface area contributed by atoms with Crippen molar-refractivity contribution in [1.29, 1.82) is 0 Å². The van der Waals surface area contributed by atoms with Crippen LogP contribution in [0.1, 0.15) is 44.9 Å². The summed E-state index contributed by atoms with van der Waals surface area (Å²) < 4.78 is 40.8. The van der Waals surface area contributed by atoms with E-state index in [1.165, 1.54) is 12.1 Å². The van der Waals surface area contributed by atoms with Crippen LogP contribution in [0.2, 0.25) is 5.02 Å². The maximum atomic E-state index is 13.5. The molecular weight excluding hydrogens is 605 g/mol. The van der Waals surface area contributed by atoms with Gasteiger partial charge in [0, 0.05) is 30.2 Å². The van der Waals surface area contributed by atoms with E-state index in [1.54, 1.807) is 85.3 Å². The highest BCUT2D eigenvalue weighted by Gasteiger charge is 2.30. The van der Waals surface area contributed by atoms with Gasteiger partial charge >= 0.3 is 6.18 Å². The molecular formula is C34H28ClF3N4O3. The number of likely N-dealkylation sites (N-methyl/N-ethyl adjacent to an activating group) is 1. The molecule has 0 aliphatic carbocycles. The Morgan fingerprint density at radius 3 is 2.20 bits per heavy atom. The number of amides is 3. The van der Waals surface area contributed by atoms with E-state index in [4.69, 9.17) is 11.6 Å². The van der Waals surface area contributed by atoms with Gasteiger partial charge in [-0.3, -0.25) is 14.4 Å². The van der Waals surface area contributed by atoms with Crippen molar-refractivity contribution >= 4 is 45.9 Å². The van der Waals surface area contributed by atoms with E-state index >= 15 is 0 Å². The minimum Gasteiger partial charge on any atom is -0.354 e. The number of halogens is 4. The third kappa shape index (κ3) is 6.56. The van der Waals surface area contributed by atoms with Gasteiger partial charge in [0.25, 0.3) is 11.8 Å². The molecule has 5 aromatic rings. The smallest absolute Gasteiger partial charge is 0.354 e. The predicted molar refractivity (Wildman–Crippen MR) is 168 cm³/mol. The molecule has 0 spiro atoms. The van der Waals surface area contributed by atoms with Gasteiger partial charge in [-0.25, -0.2) is 0 Å². The molecule has 4 aromatic carbocycles. The first-order chi connectivity index (χ1) is 21.5. The zero-order chi connectivity index (χ0) is 32.3. The molecule has 0 fully saturated rings. The van der Waals surface area contributed by atoms with Crippen LogP contribution < -0.4 is 16.0 Å². The minimum atomic E-state index is -4.47. The molecule has 45 heavy (non-hydrogen) atoms. The molecule has 1 atom stereocenters. The van der Waals surface area contributed by atoms with E-state index in [2.05, 4.69) is 16.0 Å². The number of aryl methyl sites for hydroxylation is 1. The molecule has 3 amide bonds. The van der Waals surface area contributed by atoms with E-state index in [1.807, 2.05) is 6.07 Å². The number of alkyl halides is 3. The summed E-state index contributed by atoms with van der Waals surface area (Å²) in [6.45, 7) is 2.17. The zero-order valence-electron chi connectivity index (χ0n) is 24.2. The number of fused-ring (bicyclic) bond motifs is 1. The standard InChI is InChI=1S/C34H28ClF3N4O3/c1-3-39-32(44)29(21-9-5-4-6-10-21)41-33(45)30-28(35)26-19-23(17-18-27(26)42(30)2)40-31(43)25-12-8-7-11-24(25)20-13-15-22(16-14-20)34(36,37)38/h4-19,29H,3H2,1-2H3,(H,39,44)(H,40,43)(H,41,45)/t29-/m0/s1. The topological polar surface area (TPSA) is 92.2 Å². The molecule has 11 heteroatoms. The van der Waals surface area contributed by atoms with Crippen molar-refractivity contribution < 1.29 is 27.6 Å². The van der Waals surface area contributed by atoms with Crippen LogP contribution in [0.15, 0.2) is 97.1 Å². The second-order valence-corrected chi connectivity index (χ2v) is 10.6. The summed E-state index contributed by atoms with van der Waals surface area (Å²) in [4.78, 5) is 39.7. The number of hydrogen-bond acceptors (Lipinski definition) is 3. The fourth-order valence-corrected chi connectivity index (χ4v) is 5.48. The average Bonchev–Trinajstić information content (AvgIpc) is 3.28. The zero-order valence-corrected chi connectivity index (χ0v) is 25.0. The van der Waals surface area contributed by atoms with Crippen LogP contribution in [-0.2, 0) is 18.0 Å². The monoisotopic (exact) mass is 632 g/mol. The Hall–Kier alpha value is -5.09. The number of carbonyl (C=O) groups excluding carboxylic acids is 3. The highest BCUT2D eigenvalue weighted by molar-refractivity contribution is 6.39. The Kier molecular flexibility index (Phi) is 8.96. The van der Waals surface area contributed by atoms with Crippen molar-refractivity contribution in [2.75, 3.05) is 11.9 Å². The second-order valence-electron chi connectivity index (χ2n) is 10.2. The normalized spacial score (nSPS) is 12.0. The van der Waals surface area contributed by atoms with Gasteiger partial charge in [-0.1, -0.05) is 72.3 Å². The lowest BCUT2D eigenvalue weighted by Crippen LogP contribution is -2.40. The van der Waals surface area contributed by atoms with Gasteiger partial charge < -0.3 is 20.5 Å². The first-order valence-corrected chi connectivity index (χ1v) is 14.4. The number of rotatable bonds is 8. The van der Waals surface area contributed by atoms with Crippen molar-refractivity contribution in [3.8, 4) is 11.1 Å². The molecule has 0 unspecified atom stereocenters. The van der Waals surface area contributed by atoms with Crippen LogP contribution in [0.25, 0.3) is 22.0 Å². The molecule has 3 N–H and O–H groups in total. The Bertz CT molecular complexity index is 1890. The number of nitrogens with zero attached hydrogens (tertiary/aromatic N) is 1. The highest BCUT2D eigenvalue weighted by atomic mass is 35.5. The summed E-state index contributed by atoms with van der Waals surface area (Å²) in [6.07, 6.45) is -4.47. The van der Waals surface area contributed by atoms with E-state index in [0.717, 1.165) is 12.1 Å². The Labute approximate surface area is 262 Å². The Balaban J connectivity index is 1.41. The van der Waals surface area contributed by atoms with Crippen molar-refractivity contribution in [3.05, 3.63) is 124 Å². The molecule has 0 radical (unpaired) electrons. The van der Waals surface area contributed by atoms with E-state index < -0.39 is 29.6 Å². The van der Waals surface area contributed by atoms with Crippen molar-refractivity contribution in [2.24, 2.45) is 7.05 Å². The number of hydrogen-bond donors (Lipinski definition) is 3. The van der Waals surface area contributed by atoms with Gasteiger partial charge in [0.05, 0.1) is 16.1 Å². The number of benzene rings is 4. The molecule has 0 saturated carbocycles. The van der Waals surface area contributed by atoms with Crippen LogP contribution >= 0.6 is 11.6 Å². The van der Waals surface area contributed by atoms with Crippen LogP contribution in [-0.4, -0.2) is 28.8 Å². The third-order valence-electron chi connectivity index (χ3n) is 7.33. The van der Waals surface area contributed by atoms with Crippen molar-refractivity contribution in [3.63, 3.8) is 0 Å². The quantitative estimate of drug-likeness (QED) is 0.167. The van der Waals surface area contributed by atoms with Crippen LogP contribution in [0.4, 0.5) is 18.9 Å². The first kappa shape index (κ1) is 31.3. The largest absolute Gasteiger partial charge is 0.416 e. The molecule has 230 valence electrons. The summed E-state index contributed by atoms with van der Waals surface area (Å²) in [5, 5.41) is 8.98. The Morgan fingerprint density at radius 1 is 0.867 bits per heavy atom. The van der Waals surface area contributed by atoms with Crippen LogP contribution in [0.5, 0.6) is 0 Å². The lowest BCUT2D eigenvalue weighted by atomic mass is 9.98. The summed E-state index contributed by atoms with van der Waals surface area (Å²) in [5.74, 6) is -1.41. The fraction of sp³-hybridized carbons (Fsp3) is 0.147. The van der Waals surface area contributed by atoms with Crippen molar-refractivity contribution in [1.82, 2.24) is 15.2 Å². The second kappa shape index (κ2) is 12.9. The summed E-state index contributed by atoms with van der Waals surface area (Å²) in [6, 6.07) is 24.1. The molecule has 0 aliphatic heterocycles. The van der Waals surface area contributed by atoms with Crippen LogP contribution in [0.3, 0.4) is 0 Å². The molecule has 0 bridgehead atoms. The Morgan fingerprint density at radius 2 is 1.53 bits per heavy atom. The van der Waals surface area contributed by atoms with Gasteiger partial charge in [-0.05, 0) is 60.0 Å². The minimum absolute atomic E-state index is 0.132. The lowest BCUT2D eigenvalue weighted by Gasteiger charge is -2.19. The van der Waals surface area contributed by atoms with Gasteiger partial charge in [-0.2, -0.15) is 13.2 Å². The van der Waals surface area contributed by atoms with Crippen molar-refractivity contribution in [2.45, 2.75) is 19.1 Å². The van der Waals surface area contributed by atoms with E-state index in [0.29, 0.717) is 39.8 Å². The van der Waals surface area contributed by atoms with E-state index in [-0.39, 0.29) is 22.2 Å². The number of nitrogens with one attached hydrogen (secondary N) is 3. The average molecular weight is 633 g/mol. The molecule has 7 nitrogen and oxygen atoms in total. The third-order valence-corrected chi connectivity index (χ3v) is 7.71. The van der Waals surface area contributed by atoms with E-state index in [9.17, 15) is 27.6 Å². The number of carbonyl (C=O) groups is 3. The van der Waals surface area contributed by atoms with Gasteiger partial charge in [0.2, 0.25) is 5.91 Å². The molecule has 1 aromatic heterocycles. The van der Waals surface area contributed by atoms with Gasteiger partial charge in [-0.15, -0.1) is 0 Å². The first-order valence-electron chi connectivity index (χ1n) is 14.0. The molecule has 0 aliphatic rings. The van der Waals surface area contributed by atoms with Gasteiger partial charge in [0.15, 0.2) is 0 Å². The predicted octanol–water partition coefficient (Wildman–Crippen LogP) is 7.38. The maximum absolute atomic E-state index is 13.5. The molecule has 1 heterocycles. The lowest BCUT2D eigenvalue weighted by molar-refractivity contribution is -0.137. The highest BCUT2D eigenvalue weighted by Crippen LogP contribution is 2.34. The summed E-state index contributed by atoms with van der Waals surface area (Å²) in [7, 11) is 1.67. The number of aromatic nitrogens is 1. The van der Waals surface area contributed by atoms with Crippen LogP contribution in [0, 0.1) is 0 Å². The number of anilines is 1. The maximum Gasteiger partial charge on any atom is 0.416 e. The SMILES string of the molecule is CCNC(=O)[C@@H](NC(=O)c1c(Cl)c2cc(NC(=O)c3ccccc3-c3ccc(C(F)(F)F)cc3)ccc2n1C)c1ccccc1. The molecule has 5 rings (SSSR count).